The van der Waals surface area contributed by atoms with Crippen LogP contribution in [0.5, 0.6) is 11.6 Å². The van der Waals surface area contributed by atoms with Gasteiger partial charge in [0.1, 0.15) is 11.8 Å². The lowest BCUT2D eigenvalue weighted by molar-refractivity contribution is -0.385. The van der Waals surface area contributed by atoms with E-state index in [1.807, 2.05) is 12.1 Å². The maximum atomic E-state index is 13.2. The Morgan fingerprint density at radius 2 is 1.91 bits per heavy atom. The first kappa shape index (κ1) is 22.2. The summed E-state index contributed by atoms with van der Waals surface area (Å²) >= 11 is 5.63. The Hall–Kier alpha value is -3.99. The number of hydrogen-bond acceptors (Lipinski definition) is 7. The highest BCUT2D eigenvalue weighted by Gasteiger charge is 2.34. The van der Waals surface area contributed by atoms with Crippen molar-refractivity contribution in [2.24, 2.45) is 0 Å². The van der Waals surface area contributed by atoms with Gasteiger partial charge in [-0.05, 0) is 37.3 Å². The molecule has 0 saturated heterocycles. The molecule has 0 radical (unpaired) electrons. The van der Waals surface area contributed by atoms with Gasteiger partial charge in [-0.15, -0.1) is 0 Å². The number of fused-ring (bicyclic) bond motifs is 1. The summed E-state index contributed by atoms with van der Waals surface area (Å²) in [6.45, 7) is 1.78. The molecule has 0 fully saturated rings. The van der Waals surface area contributed by atoms with E-state index in [1.54, 1.807) is 25.1 Å². The minimum absolute atomic E-state index is 0.109. The molecule has 0 aliphatic rings. The normalized spacial score (nSPS) is 11.4. The van der Waals surface area contributed by atoms with Crippen LogP contribution < -0.4 is 10.1 Å². The maximum Gasteiger partial charge on any atom is 0.417 e. The van der Waals surface area contributed by atoms with Gasteiger partial charge in [0.25, 0.3) is 0 Å². The van der Waals surface area contributed by atoms with E-state index in [-0.39, 0.29) is 17.3 Å². The summed E-state index contributed by atoms with van der Waals surface area (Å²) in [6.07, 6.45) is -3.71. The Kier molecular flexibility index (Phi) is 5.73. The number of aryl methyl sites for hydroxylation is 1. The molecule has 168 valence electrons. The van der Waals surface area contributed by atoms with Crippen molar-refractivity contribution < 1.29 is 22.8 Å². The molecule has 0 amide bonds. The van der Waals surface area contributed by atoms with Gasteiger partial charge in [-0.1, -0.05) is 29.8 Å². The number of anilines is 2. The number of nitrogens with zero attached hydrogens (tertiary/aromatic N) is 4. The van der Waals surface area contributed by atoms with Crippen LogP contribution in [0.1, 0.15) is 11.3 Å². The molecular weight excluding hydrogens is 463 g/mol. The fourth-order valence-electron chi connectivity index (χ4n) is 3.05. The number of nitrogens with one attached hydrogen (secondary N) is 1. The minimum atomic E-state index is -4.71. The number of ether oxygens (including phenoxy) is 1. The van der Waals surface area contributed by atoms with Gasteiger partial charge in [0.05, 0.1) is 15.5 Å². The number of nitro groups is 1. The smallest absolute Gasteiger partial charge is 0.417 e. The zero-order valence-corrected chi connectivity index (χ0v) is 17.5. The number of aromatic nitrogens is 3. The van der Waals surface area contributed by atoms with Crippen molar-refractivity contribution in [2.45, 2.75) is 13.1 Å². The van der Waals surface area contributed by atoms with E-state index in [9.17, 15) is 23.3 Å². The molecule has 1 N–H and O–H groups in total. The third-order valence-corrected chi connectivity index (χ3v) is 4.86. The Morgan fingerprint density at radius 1 is 1.12 bits per heavy atom. The molecule has 2 aromatic heterocycles. The van der Waals surface area contributed by atoms with Crippen molar-refractivity contribution in [1.82, 2.24) is 15.0 Å². The quantitative estimate of drug-likeness (QED) is 0.261. The first-order valence-corrected chi connectivity index (χ1v) is 9.68. The molecule has 33 heavy (non-hydrogen) atoms. The van der Waals surface area contributed by atoms with E-state index in [2.05, 4.69) is 20.3 Å². The molecule has 2 aromatic carbocycles. The second-order valence-electron chi connectivity index (χ2n) is 6.83. The minimum Gasteiger partial charge on any atom is -0.431 e. The lowest BCUT2D eigenvalue weighted by Gasteiger charge is -2.13. The molecule has 8 nitrogen and oxygen atoms in total. The highest BCUT2D eigenvalue weighted by molar-refractivity contribution is 6.31. The van der Waals surface area contributed by atoms with Crippen LogP contribution in [0.15, 0.2) is 54.9 Å². The molecule has 0 aliphatic carbocycles. The van der Waals surface area contributed by atoms with E-state index in [0.29, 0.717) is 11.2 Å². The summed E-state index contributed by atoms with van der Waals surface area (Å²) < 4.78 is 45.2. The van der Waals surface area contributed by atoms with Gasteiger partial charge < -0.3 is 10.1 Å². The summed E-state index contributed by atoms with van der Waals surface area (Å²) in [5.74, 6) is -0.544. The van der Waals surface area contributed by atoms with Gasteiger partial charge in [0, 0.05) is 16.8 Å². The van der Waals surface area contributed by atoms with Gasteiger partial charge >= 0.3 is 17.7 Å². The Morgan fingerprint density at radius 3 is 2.64 bits per heavy atom. The van der Waals surface area contributed by atoms with Crippen LogP contribution in [0.3, 0.4) is 0 Å². The number of hydrogen-bond donors (Lipinski definition) is 1. The molecule has 2 heterocycles. The highest BCUT2D eigenvalue weighted by atomic mass is 35.5. The van der Waals surface area contributed by atoms with E-state index < -0.39 is 33.3 Å². The van der Waals surface area contributed by atoms with E-state index in [4.69, 9.17) is 16.3 Å². The largest absolute Gasteiger partial charge is 0.431 e. The van der Waals surface area contributed by atoms with Crippen molar-refractivity contribution in [1.29, 1.82) is 0 Å². The van der Waals surface area contributed by atoms with Crippen molar-refractivity contribution in [3.05, 3.63) is 81.3 Å². The topological polar surface area (TPSA) is 103 Å². The third-order valence-electron chi connectivity index (χ3n) is 4.53. The summed E-state index contributed by atoms with van der Waals surface area (Å²) in [5, 5.41) is 14.6. The zero-order chi connectivity index (χ0) is 23.8. The van der Waals surface area contributed by atoms with Crippen LogP contribution in [-0.2, 0) is 6.18 Å². The zero-order valence-electron chi connectivity index (χ0n) is 16.7. The number of rotatable bonds is 5. The Bertz CT molecular complexity index is 1380. The Balaban J connectivity index is 1.75. The van der Waals surface area contributed by atoms with E-state index in [0.717, 1.165) is 23.8 Å². The molecule has 0 atom stereocenters. The van der Waals surface area contributed by atoms with Gasteiger partial charge in [-0.3, -0.25) is 10.1 Å². The summed E-state index contributed by atoms with van der Waals surface area (Å²) in [5.41, 5.74) is -0.694. The van der Waals surface area contributed by atoms with Crippen molar-refractivity contribution in [3.63, 3.8) is 0 Å². The SMILES string of the molecule is Cc1ccc2cccc(Oc3ncnc(Nc4ccc(Cl)c(C(F)(F)F)c4)c3[N+](=O)[O-])c2n1. The van der Waals surface area contributed by atoms with Crippen molar-refractivity contribution >= 4 is 39.7 Å². The molecule has 0 unspecified atom stereocenters. The molecule has 0 spiro atoms. The fourth-order valence-corrected chi connectivity index (χ4v) is 3.28. The average molecular weight is 476 g/mol. The lowest BCUT2D eigenvalue weighted by atomic mass is 10.2. The third kappa shape index (κ3) is 4.62. The summed E-state index contributed by atoms with van der Waals surface area (Å²) in [6, 6.07) is 11.7. The first-order valence-electron chi connectivity index (χ1n) is 9.31. The van der Waals surface area contributed by atoms with Crippen LogP contribution in [0.25, 0.3) is 10.9 Å². The van der Waals surface area contributed by atoms with Crippen LogP contribution in [-0.4, -0.2) is 19.9 Å². The number of para-hydroxylation sites is 1. The van der Waals surface area contributed by atoms with Gasteiger partial charge in [0.2, 0.25) is 5.82 Å². The fraction of sp³-hybridized carbons (Fsp3) is 0.0952. The van der Waals surface area contributed by atoms with Crippen molar-refractivity contribution in [2.75, 3.05) is 5.32 Å². The van der Waals surface area contributed by atoms with E-state index in [1.165, 1.54) is 6.07 Å². The molecular formula is C21H13ClF3N5O3. The predicted octanol–water partition coefficient (Wildman–Crippen LogP) is 6.45. The molecule has 4 aromatic rings. The second kappa shape index (κ2) is 8.51. The monoisotopic (exact) mass is 475 g/mol. The summed E-state index contributed by atoms with van der Waals surface area (Å²) in [7, 11) is 0. The lowest BCUT2D eigenvalue weighted by Crippen LogP contribution is -2.08. The van der Waals surface area contributed by atoms with Gasteiger partial charge in [-0.2, -0.15) is 18.2 Å². The number of halogens is 4. The van der Waals surface area contributed by atoms with Gasteiger partial charge in [0.15, 0.2) is 5.75 Å². The molecule has 0 saturated carbocycles. The van der Waals surface area contributed by atoms with Crippen LogP contribution in [0, 0.1) is 17.0 Å². The molecule has 4 rings (SSSR count). The second-order valence-corrected chi connectivity index (χ2v) is 7.24. The van der Waals surface area contributed by atoms with Gasteiger partial charge in [-0.25, -0.2) is 9.97 Å². The summed E-state index contributed by atoms with van der Waals surface area (Å²) in [4.78, 5) is 23.1. The molecule has 0 aliphatic heterocycles. The first-order chi connectivity index (χ1) is 15.6. The van der Waals surface area contributed by atoms with Crippen LogP contribution >= 0.6 is 11.6 Å². The van der Waals surface area contributed by atoms with E-state index >= 15 is 0 Å². The standard InChI is InChI=1S/C21H13ClF3N5O3/c1-11-5-6-12-3-2-4-16(17(12)28-11)33-20-18(30(31)32)19(26-10-27-20)29-13-7-8-15(22)14(9-13)21(23,24)25/h2-10H,1H3,(H,26,27,29). The number of benzene rings is 2. The Labute approximate surface area is 189 Å². The average Bonchev–Trinajstić information content (AvgIpc) is 2.74. The molecule has 0 bridgehead atoms. The number of alkyl halides is 3. The van der Waals surface area contributed by atoms with Crippen LogP contribution in [0.2, 0.25) is 5.02 Å². The predicted molar refractivity (Wildman–Crippen MR) is 115 cm³/mol. The number of pyridine rings is 1. The van der Waals surface area contributed by atoms with Crippen LogP contribution in [0.4, 0.5) is 30.4 Å². The molecule has 12 heteroatoms. The highest BCUT2D eigenvalue weighted by Crippen LogP contribution is 2.39. The van der Waals surface area contributed by atoms with Crippen molar-refractivity contribution in [3.8, 4) is 11.6 Å². The maximum absolute atomic E-state index is 13.2.